The van der Waals surface area contributed by atoms with Crippen molar-refractivity contribution in [2.45, 2.75) is 144 Å². The van der Waals surface area contributed by atoms with Crippen molar-refractivity contribution in [2.24, 2.45) is 17.8 Å². The second-order valence-corrected chi connectivity index (χ2v) is 12.8. The number of hydrogen-bond acceptors (Lipinski definition) is 4. The fraction of sp³-hybridized carbons (Fsp3) is 0.758. The van der Waals surface area contributed by atoms with Gasteiger partial charge in [-0.15, -0.1) is 0 Å². The van der Waals surface area contributed by atoms with Crippen molar-refractivity contribution in [3.05, 3.63) is 22.3 Å². The lowest BCUT2D eigenvalue weighted by molar-refractivity contribution is -0.142. The van der Waals surface area contributed by atoms with Gasteiger partial charge in [-0.3, -0.25) is 9.59 Å². The summed E-state index contributed by atoms with van der Waals surface area (Å²) in [7, 11) is 0. The van der Waals surface area contributed by atoms with Gasteiger partial charge in [-0.1, -0.05) is 72.6 Å². The third-order valence-electron chi connectivity index (χ3n) is 8.60. The molecular formula is C33H54O5. The summed E-state index contributed by atoms with van der Waals surface area (Å²) >= 11 is 0. The van der Waals surface area contributed by atoms with E-state index < -0.39 is 11.9 Å². The summed E-state index contributed by atoms with van der Waals surface area (Å²) in [5.74, 6) is 2.42. The van der Waals surface area contributed by atoms with Crippen LogP contribution in [0.25, 0.3) is 0 Å². The maximum atomic E-state index is 12.2. The van der Waals surface area contributed by atoms with Crippen molar-refractivity contribution in [3.8, 4) is 11.5 Å². The minimum atomic E-state index is -0.999. The maximum Gasteiger partial charge on any atom is 0.311 e. The van der Waals surface area contributed by atoms with Crippen molar-refractivity contribution in [2.75, 3.05) is 0 Å². The minimum Gasteiger partial charge on any atom is -0.487 e. The highest BCUT2D eigenvalue weighted by atomic mass is 16.5. The lowest BCUT2D eigenvalue weighted by Crippen LogP contribution is -2.37. The Morgan fingerprint density at radius 2 is 1.45 bits per heavy atom. The Morgan fingerprint density at radius 3 is 2.03 bits per heavy atom. The Morgan fingerprint density at radius 1 is 0.868 bits per heavy atom. The SMILES string of the molecule is Cc1c(C)c2c(c(C)c1OC(=O)CCC(=O)O)CC[C@](C)(CCC[C@H](C)CCC[C@H](C)CCCC(C)C)O2. The lowest BCUT2D eigenvalue weighted by Gasteiger charge is -2.38. The summed E-state index contributed by atoms with van der Waals surface area (Å²) in [5, 5.41) is 8.85. The Labute approximate surface area is 232 Å². The molecule has 0 spiro atoms. The number of carbonyl (C=O) groups is 2. The van der Waals surface area contributed by atoms with Gasteiger partial charge in [0.05, 0.1) is 12.8 Å². The second-order valence-electron chi connectivity index (χ2n) is 12.8. The Bertz CT molecular complexity index is 934. The number of carboxylic acid groups (broad SMARTS) is 1. The smallest absolute Gasteiger partial charge is 0.311 e. The molecule has 1 aromatic carbocycles. The van der Waals surface area contributed by atoms with Gasteiger partial charge in [0.15, 0.2) is 0 Å². The van der Waals surface area contributed by atoms with E-state index in [1.807, 2.05) is 20.8 Å². The molecule has 0 amide bonds. The zero-order valence-corrected chi connectivity index (χ0v) is 25.5. The molecule has 3 atom stereocenters. The molecule has 0 saturated heterocycles. The Balaban J connectivity index is 1.87. The predicted octanol–water partition coefficient (Wildman–Crippen LogP) is 8.90. The first-order valence-electron chi connectivity index (χ1n) is 15.1. The molecule has 2 rings (SSSR count). The van der Waals surface area contributed by atoms with Crippen LogP contribution in [0, 0.1) is 38.5 Å². The molecule has 0 fully saturated rings. The largest absolute Gasteiger partial charge is 0.487 e. The van der Waals surface area contributed by atoms with Crippen LogP contribution in [-0.2, 0) is 16.0 Å². The van der Waals surface area contributed by atoms with E-state index in [1.165, 1.54) is 51.4 Å². The zero-order valence-electron chi connectivity index (χ0n) is 25.5. The number of benzene rings is 1. The molecule has 1 aliphatic heterocycles. The standard InChI is InChI=1S/C33H54O5/c1-22(2)12-9-13-23(3)14-10-15-24(4)16-11-20-33(8)21-19-28-27(7)31(25(5)26(6)32(28)38-33)37-30(36)18-17-29(34)35/h22-24H,9-21H2,1-8H3,(H,34,35)/t23-,24-,33+/m1/s1. The van der Waals surface area contributed by atoms with Gasteiger partial charge in [0.25, 0.3) is 0 Å². The summed E-state index contributed by atoms with van der Waals surface area (Å²) in [4.78, 5) is 23.0. The van der Waals surface area contributed by atoms with Crippen LogP contribution < -0.4 is 9.47 Å². The van der Waals surface area contributed by atoms with Gasteiger partial charge in [-0.05, 0) is 87.8 Å². The normalized spacial score (nSPS) is 18.6. The number of carboxylic acids is 1. The van der Waals surface area contributed by atoms with Crippen molar-refractivity contribution < 1.29 is 24.2 Å². The van der Waals surface area contributed by atoms with Crippen molar-refractivity contribution in [1.82, 2.24) is 0 Å². The number of rotatable bonds is 16. The summed E-state index contributed by atoms with van der Waals surface area (Å²) in [6.07, 6.45) is 13.1. The highest BCUT2D eigenvalue weighted by Gasteiger charge is 2.34. The third-order valence-corrected chi connectivity index (χ3v) is 8.60. The van der Waals surface area contributed by atoms with E-state index in [9.17, 15) is 9.59 Å². The molecule has 0 bridgehead atoms. The molecule has 1 N–H and O–H groups in total. The van der Waals surface area contributed by atoms with Crippen LogP contribution in [0.3, 0.4) is 0 Å². The number of esters is 1. The summed E-state index contributed by atoms with van der Waals surface area (Å²) in [6.45, 7) is 17.6. The van der Waals surface area contributed by atoms with Crippen molar-refractivity contribution >= 4 is 11.9 Å². The molecule has 1 heterocycles. The lowest BCUT2D eigenvalue weighted by atomic mass is 9.83. The van der Waals surface area contributed by atoms with Crippen molar-refractivity contribution in [3.63, 3.8) is 0 Å². The number of carbonyl (C=O) groups excluding carboxylic acids is 1. The van der Waals surface area contributed by atoms with Gasteiger partial charge >= 0.3 is 11.9 Å². The van der Waals surface area contributed by atoms with E-state index in [-0.39, 0.29) is 18.4 Å². The van der Waals surface area contributed by atoms with E-state index >= 15 is 0 Å². The molecule has 0 saturated carbocycles. The van der Waals surface area contributed by atoms with Crippen LogP contribution >= 0.6 is 0 Å². The average Bonchev–Trinajstić information content (AvgIpc) is 2.83. The van der Waals surface area contributed by atoms with Gasteiger partial charge in [0.1, 0.15) is 17.1 Å². The Kier molecular flexibility index (Phi) is 12.6. The quantitative estimate of drug-likeness (QED) is 0.171. The molecule has 216 valence electrons. The molecule has 0 aliphatic carbocycles. The zero-order chi connectivity index (χ0) is 28.5. The van der Waals surface area contributed by atoms with Gasteiger partial charge in [0.2, 0.25) is 0 Å². The predicted molar refractivity (Wildman–Crippen MR) is 155 cm³/mol. The van der Waals surface area contributed by atoms with E-state index in [4.69, 9.17) is 14.6 Å². The van der Waals surface area contributed by atoms with Crippen LogP contribution in [0.4, 0.5) is 0 Å². The van der Waals surface area contributed by atoms with Crippen LogP contribution in [0.1, 0.15) is 134 Å². The summed E-state index contributed by atoms with van der Waals surface area (Å²) in [6, 6.07) is 0. The summed E-state index contributed by atoms with van der Waals surface area (Å²) < 4.78 is 12.3. The monoisotopic (exact) mass is 530 g/mol. The van der Waals surface area contributed by atoms with E-state index in [0.29, 0.717) is 5.75 Å². The molecule has 5 heteroatoms. The molecule has 0 radical (unpaired) electrons. The fourth-order valence-corrected chi connectivity index (χ4v) is 5.79. The molecule has 0 unspecified atom stereocenters. The molecular weight excluding hydrogens is 476 g/mol. The first-order valence-corrected chi connectivity index (χ1v) is 15.1. The minimum absolute atomic E-state index is 0.130. The Hall–Kier alpha value is -2.04. The number of aliphatic carboxylic acids is 1. The number of fused-ring (bicyclic) bond motifs is 1. The van der Waals surface area contributed by atoms with Crippen LogP contribution in [-0.4, -0.2) is 22.6 Å². The molecule has 5 nitrogen and oxygen atoms in total. The maximum absolute atomic E-state index is 12.2. The third kappa shape index (κ3) is 9.93. The van der Waals surface area contributed by atoms with E-state index in [1.54, 1.807) is 0 Å². The molecule has 38 heavy (non-hydrogen) atoms. The topological polar surface area (TPSA) is 72.8 Å². The molecule has 1 aromatic rings. The first-order chi connectivity index (χ1) is 17.8. The van der Waals surface area contributed by atoms with Gasteiger partial charge in [-0.25, -0.2) is 0 Å². The van der Waals surface area contributed by atoms with Crippen LogP contribution in [0.2, 0.25) is 0 Å². The van der Waals surface area contributed by atoms with E-state index in [0.717, 1.165) is 65.0 Å². The number of ether oxygens (including phenoxy) is 2. The average molecular weight is 531 g/mol. The first kappa shape index (κ1) is 32.2. The van der Waals surface area contributed by atoms with Gasteiger partial charge in [0, 0.05) is 5.56 Å². The van der Waals surface area contributed by atoms with E-state index in [2.05, 4.69) is 34.6 Å². The molecule has 0 aromatic heterocycles. The highest BCUT2D eigenvalue weighted by molar-refractivity contribution is 5.79. The second kappa shape index (κ2) is 14.9. The molecule has 1 aliphatic rings. The van der Waals surface area contributed by atoms with Crippen molar-refractivity contribution in [1.29, 1.82) is 0 Å². The van der Waals surface area contributed by atoms with Gasteiger partial charge in [-0.2, -0.15) is 0 Å². The van der Waals surface area contributed by atoms with Crippen LogP contribution in [0.5, 0.6) is 11.5 Å². The number of hydrogen-bond donors (Lipinski definition) is 1. The van der Waals surface area contributed by atoms with Crippen LogP contribution in [0.15, 0.2) is 0 Å². The van der Waals surface area contributed by atoms with Gasteiger partial charge < -0.3 is 14.6 Å². The highest BCUT2D eigenvalue weighted by Crippen LogP contribution is 2.45. The summed E-state index contributed by atoms with van der Waals surface area (Å²) in [5.41, 5.74) is 3.76. The fourth-order valence-electron chi connectivity index (χ4n) is 5.79.